The molecule has 0 spiro atoms. The van der Waals surface area contributed by atoms with Gasteiger partial charge in [0.2, 0.25) is 17.7 Å². The number of rotatable bonds is 6. The van der Waals surface area contributed by atoms with Crippen molar-refractivity contribution in [3.8, 4) is 0 Å². The van der Waals surface area contributed by atoms with Crippen molar-refractivity contribution >= 4 is 39.2 Å². The highest BCUT2D eigenvalue weighted by atomic mass is 35.5. The third-order valence-corrected chi connectivity index (χ3v) is 10.9. The number of nitrogens with one attached hydrogen (secondary N) is 1. The minimum absolute atomic E-state index is 0.00900. The summed E-state index contributed by atoms with van der Waals surface area (Å²) in [4.78, 5) is 44.2. The second-order valence-corrected chi connectivity index (χ2v) is 13.4. The van der Waals surface area contributed by atoms with E-state index in [0.717, 1.165) is 19.4 Å². The van der Waals surface area contributed by atoms with Crippen molar-refractivity contribution in [2.75, 3.05) is 26.2 Å². The number of carbonyl (C=O) groups excluding carboxylic acids is 3. The van der Waals surface area contributed by atoms with E-state index in [1.54, 1.807) is 19.1 Å². The molecular formula is C25H34ClN5O5S. The minimum atomic E-state index is -3.88. The third-order valence-electron chi connectivity index (χ3n) is 8.32. The van der Waals surface area contributed by atoms with Crippen LogP contribution in [0.2, 0.25) is 5.02 Å². The Balaban J connectivity index is 1.34. The molecule has 0 radical (unpaired) electrons. The topological polar surface area (TPSA) is 133 Å². The van der Waals surface area contributed by atoms with Crippen LogP contribution < -0.4 is 11.1 Å². The summed E-state index contributed by atoms with van der Waals surface area (Å²) in [5.41, 5.74) is 5.33. The number of hydrogen-bond donors (Lipinski definition) is 2. The number of hydrogen-bond acceptors (Lipinski definition) is 7. The predicted molar refractivity (Wildman–Crippen MR) is 137 cm³/mol. The van der Waals surface area contributed by atoms with Gasteiger partial charge in [-0.25, -0.2) is 8.42 Å². The summed E-state index contributed by atoms with van der Waals surface area (Å²) in [6, 6.07) is 5.09. The number of nitrogens with two attached hydrogens (primary N) is 1. The van der Waals surface area contributed by atoms with Crippen LogP contribution in [0.25, 0.3) is 0 Å². The maximum absolute atomic E-state index is 13.8. The van der Waals surface area contributed by atoms with Crippen LogP contribution in [-0.4, -0.2) is 96.1 Å². The zero-order chi connectivity index (χ0) is 26.5. The molecule has 1 unspecified atom stereocenters. The number of sulfone groups is 1. The quantitative estimate of drug-likeness (QED) is 0.498. The number of benzene rings is 1. The van der Waals surface area contributed by atoms with Crippen molar-refractivity contribution in [1.82, 2.24) is 20.0 Å². The van der Waals surface area contributed by atoms with Crippen LogP contribution in [0.5, 0.6) is 0 Å². The predicted octanol–water partition coefficient (Wildman–Crippen LogP) is 0.733. The van der Waals surface area contributed by atoms with Crippen molar-refractivity contribution in [2.24, 2.45) is 5.73 Å². The molecule has 3 aliphatic heterocycles. The lowest BCUT2D eigenvalue weighted by atomic mass is 9.93. The standard InChI is InChI=1S/C25H34ClN5O5S/c1-16(32)29-11-6-17(7-12-29)30-13-8-20(30)24(34)31-15-18(14-21(31)23(33)28-25(27)9-10-25)37(35,36)22-5-3-2-4-19(22)26/h2-5,17-18,20-21H,6-15,27H2,1H3,(H,28,33)/t18-,20?,21+/m1/s1. The summed E-state index contributed by atoms with van der Waals surface area (Å²) in [5, 5.41) is 1.99. The number of amides is 3. The van der Waals surface area contributed by atoms with E-state index in [1.807, 2.05) is 4.90 Å². The number of carbonyl (C=O) groups is 3. The van der Waals surface area contributed by atoms with Gasteiger partial charge in [0.15, 0.2) is 9.84 Å². The first kappa shape index (κ1) is 26.4. The van der Waals surface area contributed by atoms with E-state index in [9.17, 15) is 22.8 Å². The minimum Gasteiger partial charge on any atom is -0.343 e. The molecule has 4 fully saturated rings. The van der Waals surface area contributed by atoms with E-state index < -0.39 is 38.7 Å². The molecule has 37 heavy (non-hydrogen) atoms. The van der Waals surface area contributed by atoms with Crippen molar-refractivity contribution in [1.29, 1.82) is 0 Å². The van der Waals surface area contributed by atoms with E-state index in [1.165, 1.54) is 17.0 Å². The first-order valence-corrected chi connectivity index (χ1v) is 14.8. The molecule has 10 nitrogen and oxygen atoms in total. The summed E-state index contributed by atoms with van der Waals surface area (Å²) in [6.07, 6.45) is 3.51. The summed E-state index contributed by atoms with van der Waals surface area (Å²) in [6.45, 7) is 3.56. The van der Waals surface area contributed by atoms with Crippen LogP contribution in [0.1, 0.15) is 45.4 Å². The molecule has 3 heterocycles. The van der Waals surface area contributed by atoms with Crippen LogP contribution in [0.4, 0.5) is 0 Å². The Hall–Kier alpha value is -2.21. The van der Waals surface area contributed by atoms with Crippen molar-refractivity contribution in [3.63, 3.8) is 0 Å². The van der Waals surface area contributed by atoms with Gasteiger partial charge in [0.05, 0.1) is 26.9 Å². The average Bonchev–Trinajstić information content (AvgIpc) is 3.37. The number of likely N-dealkylation sites (tertiary alicyclic amines) is 3. The number of halogens is 1. The van der Waals surface area contributed by atoms with Gasteiger partial charge >= 0.3 is 0 Å². The van der Waals surface area contributed by atoms with Gasteiger partial charge in [-0.2, -0.15) is 0 Å². The second kappa shape index (κ2) is 9.83. The fourth-order valence-corrected chi connectivity index (χ4v) is 7.99. The van der Waals surface area contributed by atoms with Crippen LogP contribution in [0, 0.1) is 0 Å². The van der Waals surface area contributed by atoms with Gasteiger partial charge < -0.3 is 20.9 Å². The Morgan fingerprint density at radius 2 is 1.73 bits per heavy atom. The van der Waals surface area contributed by atoms with Gasteiger partial charge in [-0.05, 0) is 50.7 Å². The first-order valence-electron chi connectivity index (χ1n) is 12.9. The molecule has 3 N–H and O–H groups in total. The van der Waals surface area contributed by atoms with Crippen LogP contribution in [-0.2, 0) is 24.2 Å². The summed E-state index contributed by atoms with van der Waals surface area (Å²) in [5.74, 6) is -0.579. The molecule has 4 aliphatic rings. The Morgan fingerprint density at radius 3 is 2.30 bits per heavy atom. The highest BCUT2D eigenvalue weighted by molar-refractivity contribution is 7.92. The normalized spacial score (nSPS) is 28.0. The van der Waals surface area contributed by atoms with Gasteiger partial charge in [-0.3, -0.25) is 19.3 Å². The van der Waals surface area contributed by atoms with Crippen LogP contribution in [0.15, 0.2) is 29.2 Å². The molecule has 3 saturated heterocycles. The molecule has 1 aromatic carbocycles. The lowest BCUT2D eigenvalue weighted by Crippen LogP contribution is -2.63. The van der Waals surface area contributed by atoms with E-state index in [-0.39, 0.29) is 40.7 Å². The van der Waals surface area contributed by atoms with E-state index in [4.69, 9.17) is 17.3 Å². The average molecular weight is 552 g/mol. The molecule has 1 aromatic rings. The van der Waals surface area contributed by atoms with Crippen molar-refractivity contribution in [2.45, 2.75) is 79.4 Å². The Bertz CT molecular complexity index is 1200. The van der Waals surface area contributed by atoms with Gasteiger partial charge in [0.1, 0.15) is 6.04 Å². The van der Waals surface area contributed by atoms with E-state index in [0.29, 0.717) is 32.4 Å². The smallest absolute Gasteiger partial charge is 0.244 e. The molecule has 5 rings (SSSR count). The monoisotopic (exact) mass is 551 g/mol. The van der Waals surface area contributed by atoms with Gasteiger partial charge in [0.25, 0.3) is 0 Å². The largest absolute Gasteiger partial charge is 0.343 e. The lowest BCUT2D eigenvalue weighted by Gasteiger charge is -2.49. The highest BCUT2D eigenvalue weighted by Crippen LogP contribution is 2.36. The molecule has 1 aliphatic carbocycles. The van der Waals surface area contributed by atoms with Crippen LogP contribution in [0.3, 0.4) is 0 Å². The lowest BCUT2D eigenvalue weighted by molar-refractivity contribution is -0.149. The SMILES string of the molecule is CC(=O)N1CCC(N2CCC2C(=O)N2C[C@H](S(=O)(=O)c3ccccc3Cl)C[C@H]2C(=O)NC2(N)CC2)CC1. The fourth-order valence-electron chi connectivity index (χ4n) is 5.77. The molecule has 3 atom stereocenters. The van der Waals surface area contributed by atoms with Crippen molar-refractivity contribution < 1.29 is 22.8 Å². The third kappa shape index (κ3) is 5.10. The van der Waals surface area contributed by atoms with Crippen molar-refractivity contribution in [3.05, 3.63) is 29.3 Å². The Morgan fingerprint density at radius 1 is 1.05 bits per heavy atom. The Kier molecular flexibility index (Phi) is 7.01. The van der Waals surface area contributed by atoms with Gasteiger partial charge in [-0.15, -0.1) is 0 Å². The molecule has 12 heteroatoms. The maximum atomic E-state index is 13.8. The zero-order valence-electron chi connectivity index (χ0n) is 20.9. The highest BCUT2D eigenvalue weighted by Gasteiger charge is 2.51. The molecule has 202 valence electrons. The van der Waals surface area contributed by atoms with Gasteiger partial charge in [-0.1, -0.05) is 23.7 Å². The summed E-state index contributed by atoms with van der Waals surface area (Å²) in [7, 11) is -3.88. The summed E-state index contributed by atoms with van der Waals surface area (Å²) < 4.78 is 27.0. The van der Waals surface area contributed by atoms with E-state index >= 15 is 0 Å². The fraction of sp³-hybridized carbons (Fsp3) is 0.640. The van der Waals surface area contributed by atoms with Gasteiger partial charge in [0, 0.05) is 39.1 Å². The van der Waals surface area contributed by atoms with E-state index in [2.05, 4.69) is 10.2 Å². The molecule has 0 aromatic heterocycles. The summed E-state index contributed by atoms with van der Waals surface area (Å²) >= 11 is 6.21. The molecule has 0 bridgehead atoms. The Labute approximate surface area is 222 Å². The zero-order valence-corrected chi connectivity index (χ0v) is 22.5. The van der Waals surface area contributed by atoms with Crippen LogP contribution >= 0.6 is 11.6 Å². The number of piperidine rings is 1. The first-order chi connectivity index (χ1) is 17.5. The molecule has 1 saturated carbocycles. The number of nitrogens with zero attached hydrogens (tertiary/aromatic N) is 3. The second-order valence-electron chi connectivity index (χ2n) is 10.8. The maximum Gasteiger partial charge on any atom is 0.244 e. The molecular weight excluding hydrogens is 518 g/mol. The molecule has 3 amide bonds.